The number of fused-ring (bicyclic) bond motifs is 2. The van der Waals surface area contributed by atoms with E-state index in [4.69, 9.17) is 4.98 Å². The van der Waals surface area contributed by atoms with E-state index in [1.54, 1.807) is 11.3 Å². The molecule has 1 amide bonds. The average Bonchev–Trinajstić information content (AvgIpc) is 3.45. The van der Waals surface area contributed by atoms with E-state index in [2.05, 4.69) is 28.6 Å². The molecule has 6 nitrogen and oxygen atoms in total. The second-order valence-corrected chi connectivity index (χ2v) is 9.32. The number of rotatable bonds is 4. The Bertz CT molecular complexity index is 1170. The average molecular weight is 408 g/mol. The number of carbonyl (C=O) groups excluding carboxylic acids is 1. The zero-order valence-corrected chi connectivity index (χ0v) is 17.8. The summed E-state index contributed by atoms with van der Waals surface area (Å²) < 4.78 is 2.05. The van der Waals surface area contributed by atoms with Crippen LogP contribution in [-0.2, 0) is 6.54 Å². The Labute approximate surface area is 173 Å². The minimum atomic E-state index is 0.00775. The molecule has 1 atom stereocenters. The molecule has 7 heteroatoms. The fourth-order valence-electron chi connectivity index (χ4n) is 4.25. The quantitative estimate of drug-likeness (QED) is 0.522. The van der Waals surface area contributed by atoms with Gasteiger partial charge in [0.2, 0.25) is 0 Å². The van der Waals surface area contributed by atoms with Crippen molar-refractivity contribution in [2.45, 2.75) is 46.2 Å². The van der Waals surface area contributed by atoms with Gasteiger partial charge < -0.3 is 9.88 Å². The zero-order chi connectivity index (χ0) is 20.1. The van der Waals surface area contributed by atoms with E-state index in [1.165, 1.54) is 0 Å². The number of carbonyl (C=O) groups is 1. The van der Waals surface area contributed by atoms with Crippen LogP contribution < -0.4 is 0 Å². The Morgan fingerprint density at radius 2 is 2.17 bits per heavy atom. The van der Waals surface area contributed by atoms with Crippen LogP contribution in [0.15, 0.2) is 30.3 Å². The largest absolute Gasteiger partial charge is 0.340 e. The lowest BCUT2D eigenvalue weighted by molar-refractivity contribution is 0.0735. The normalized spacial score (nSPS) is 17.2. The summed E-state index contributed by atoms with van der Waals surface area (Å²) in [6.45, 7) is 8.03. The number of aromatic amines is 1. The van der Waals surface area contributed by atoms with E-state index in [9.17, 15) is 4.79 Å². The number of thiophene rings is 1. The van der Waals surface area contributed by atoms with Gasteiger partial charge >= 0.3 is 0 Å². The molecule has 4 heterocycles. The molecule has 150 valence electrons. The van der Waals surface area contributed by atoms with Crippen LogP contribution in [0.5, 0.6) is 0 Å². The van der Waals surface area contributed by atoms with Crippen molar-refractivity contribution in [2.75, 3.05) is 6.54 Å². The highest BCUT2D eigenvalue weighted by atomic mass is 32.1. The summed E-state index contributed by atoms with van der Waals surface area (Å²) in [5.74, 6) is 1.50. The Balaban J connectivity index is 1.47. The Kier molecular flexibility index (Phi) is 4.42. The molecule has 1 aliphatic heterocycles. The molecule has 1 N–H and O–H groups in total. The third-order valence-corrected chi connectivity index (χ3v) is 6.73. The number of imidazole rings is 1. The highest BCUT2D eigenvalue weighted by molar-refractivity contribution is 7.20. The number of hydrogen-bond donors (Lipinski definition) is 1. The molecule has 1 aromatic carbocycles. The number of benzene rings is 1. The molecule has 3 aromatic heterocycles. The van der Waals surface area contributed by atoms with Crippen LogP contribution >= 0.6 is 11.3 Å². The first-order chi connectivity index (χ1) is 14.0. The summed E-state index contributed by atoms with van der Waals surface area (Å²) in [4.78, 5) is 25.5. The lowest BCUT2D eigenvalue weighted by Gasteiger charge is -2.22. The number of aryl methyl sites for hydroxylation is 1. The van der Waals surface area contributed by atoms with E-state index < -0.39 is 0 Å². The maximum Gasteiger partial charge on any atom is 0.264 e. The first kappa shape index (κ1) is 18.4. The van der Waals surface area contributed by atoms with E-state index in [-0.39, 0.29) is 11.9 Å². The summed E-state index contributed by atoms with van der Waals surface area (Å²) >= 11 is 1.56. The van der Waals surface area contributed by atoms with Gasteiger partial charge in [-0.3, -0.25) is 9.48 Å². The monoisotopic (exact) mass is 407 g/mol. The third kappa shape index (κ3) is 3.13. The molecule has 0 bridgehead atoms. The van der Waals surface area contributed by atoms with Gasteiger partial charge in [-0.25, -0.2) is 4.98 Å². The minimum Gasteiger partial charge on any atom is -0.340 e. The summed E-state index contributed by atoms with van der Waals surface area (Å²) in [5.41, 5.74) is 2.97. The minimum absolute atomic E-state index is 0.00775. The van der Waals surface area contributed by atoms with Gasteiger partial charge in [0.15, 0.2) is 0 Å². The van der Waals surface area contributed by atoms with Crippen LogP contribution in [0.3, 0.4) is 0 Å². The predicted octanol–water partition coefficient (Wildman–Crippen LogP) is 4.92. The van der Waals surface area contributed by atoms with E-state index in [0.29, 0.717) is 5.92 Å². The van der Waals surface area contributed by atoms with Crippen LogP contribution in [0.1, 0.15) is 53.9 Å². The summed E-state index contributed by atoms with van der Waals surface area (Å²) in [6.07, 6.45) is 1.94. The van der Waals surface area contributed by atoms with Gasteiger partial charge in [-0.05, 0) is 43.9 Å². The van der Waals surface area contributed by atoms with Gasteiger partial charge in [-0.1, -0.05) is 26.0 Å². The Morgan fingerprint density at radius 3 is 2.97 bits per heavy atom. The maximum absolute atomic E-state index is 13.4. The third-order valence-electron chi connectivity index (χ3n) is 5.59. The number of para-hydroxylation sites is 2. The van der Waals surface area contributed by atoms with Gasteiger partial charge in [-0.2, -0.15) is 5.10 Å². The number of nitrogens with zero attached hydrogens (tertiary/aromatic N) is 4. The number of likely N-dealkylation sites (tertiary alicyclic amines) is 1. The van der Waals surface area contributed by atoms with Gasteiger partial charge in [0.25, 0.3) is 5.91 Å². The highest BCUT2D eigenvalue weighted by Crippen LogP contribution is 2.36. The smallest absolute Gasteiger partial charge is 0.264 e. The van der Waals surface area contributed by atoms with Crippen molar-refractivity contribution >= 4 is 38.5 Å². The number of nitrogens with one attached hydrogen (secondary N) is 1. The van der Waals surface area contributed by atoms with Crippen molar-refractivity contribution in [2.24, 2.45) is 5.92 Å². The van der Waals surface area contributed by atoms with Crippen molar-refractivity contribution < 1.29 is 4.79 Å². The summed E-state index contributed by atoms with van der Waals surface area (Å²) in [5, 5.41) is 5.76. The second kappa shape index (κ2) is 6.99. The molecule has 0 unspecified atom stereocenters. The number of hydrogen-bond acceptors (Lipinski definition) is 4. The standard InChI is InChI=1S/C22H25N5OS/c1-13(2)12-27-22-15(14(3)25-27)11-19(29-22)21(28)26-10-6-9-18(26)20-23-16-7-4-5-8-17(16)24-20/h4-5,7-8,11,13,18H,6,9-10,12H2,1-3H3,(H,23,24)/t18-/m1/s1. The van der Waals surface area contributed by atoms with E-state index >= 15 is 0 Å². The fourth-order valence-corrected chi connectivity index (χ4v) is 5.38. The number of aromatic nitrogens is 4. The molecule has 0 aliphatic carbocycles. The molecule has 4 aromatic rings. The second-order valence-electron chi connectivity index (χ2n) is 8.29. The zero-order valence-electron chi connectivity index (χ0n) is 17.0. The molecule has 1 aliphatic rings. The molecular weight excluding hydrogens is 382 g/mol. The van der Waals surface area contributed by atoms with Gasteiger partial charge in [-0.15, -0.1) is 11.3 Å². The first-order valence-corrected chi connectivity index (χ1v) is 11.1. The van der Waals surface area contributed by atoms with Gasteiger partial charge in [0.1, 0.15) is 10.7 Å². The molecule has 0 radical (unpaired) electrons. The molecule has 1 fully saturated rings. The van der Waals surface area contributed by atoms with Crippen LogP contribution in [0.4, 0.5) is 0 Å². The fraction of sp³-hybridized carbons (Fsp3) is 0.409. The summed E-state index contributed by atoms with van der Waals surface area (Å²) in [7, 11) is 0. The maximum atomic E-state index is 13.4. The van der Waals surface area contributed by atoms with E-state index in [1.807, 2.05) is 42.2 Å². The topological polar surface area (TPSA) is 66.8 Å². The van der Waals surface area contributed by atoms with Crippen LogP contribution in [0.2, 0.25) is 0 Å². The highest BCUT2D eigenvalue weighted by Gasteiger charge is 2.33. The predicted molar refractivity (Wildman–Crippen MR) is 116 cm³/mol. The van der Waals surface area contributed by atoms with Crippen molar-refractivity contribution in [3.05, 3.63) is 46.7 Å². The molecular formula is C22H25N5OS. The van der Waals surface area contributed by atoms with Crippen LogP contribution in [0.25, 0.3) is 21.3 Å². The molecule has 0 saturated carbocycles. The summed E-state index contributed by atoms with van der Waals surface area (Å²) in [6, 6.07) is 10.1. The van der Waals surface area contributed by atoms with Crippen molar-refractivity contribution in [1.29, 1.82) is 0 Å². The Morgan fingerprint density at radius 1 is 1.34 bits per heavy atom. The molecule has 29 heavy (non-hydrogen) atoms. The van der Waals surface area contributed by atoms with Gasteiger partial charge in [0, 0.05) is 18.5 Å². The van der Waals surface area contributed by atoms with Crippen molar-refractivity contribution in [1.82, 2.24) is 24.6 Å². The Hall–Kier alpha value is -2.67. The lowest BCUT2D eigenvalue weighted by atomic mass is 10.2. The van der Waals surface area contributed by atoms with Gasteiger partial charge in [0.05, 0.1) is 27.6 Å². The number of amides is 1. The molecule has 1 saturated heterocycles. The van der Waals surface area contributed by atoms with Crippen molar-refractivity contribution in [3.8, 4) is 0 Å². The molecule has 0 spiro atoms. The SMILES string of the molecule is Cc1nn(CC(C)C)c2sc(C(=O)N3CCC[C@@H]3c3nc4ccccc4[nH]3)cc12. The lowest BCUT2D eigenvalue weighted by Crippen LogP contribution is -2.30. The van der Waals surface area contributed by atoms with Crippen LogP contribution in [0, 0.1) is 12.8 Å². The van der Waals surface area contributed by atoms with Crippen molar-refractivity contribution in [3.63, 3.8) is 0 Å². The first-order valence-electron chi connectivity index (χ1n) is 10.2. The van der Waals surface area contributed by atoms with Crippen LogP contribution in [-0.4, -0.2) is 37.1 Å². The van der Waals surface area contributed by atoms with E-state index in [0.717, 1.165) is 63.6 Å². The number of H-pyrrole nitrogens is 1. The molecule has 5 rings (SSSR count).